The van der Waals surface area contributed by atoms with Crippen molar-refractivity contribution in [3.05, 3.63) is 63.7 Å². The van der Waals surface area contributed by atoms with Crippen molar-refractivity contribution in [2.24, 2.45) is 0 Å². The third-order valence-corrected chi connectivity index (χ3v) is 4.95. The monoisotopic (exact) mass is 388 g/mol. The Morgan fingerprint density at radius 1 is 1.22 bits per heavy atom. The first-order valence-corrected chi connectivity index (χ1v) is 9.66. The van der Waals surface area contributed by atoms with Crippen molar-refractivity contribution in [2.75, 3.05) is 18.2 Å². The Hall–Kier alpha value is -2.54. The molecule has 1 N–H and O–H groups in total. The average molecular weight is 388 g/mol. The van der Waals surface area contributed by atoms with Crippen molar-refractivity contribution in [3.63, 3.8) is 0 Å². The predicted molar refractivity (Wildman–Crippen MR) is 110 cm³/mol. The van der Waals surface area contributed by atoms with E-state index in [9.17, 15) is 14.9 Å². The van der Waals surface area contributed by atoms with Gasteiger partial charge in [-0.15, -0.1) is 11.8 Å². The Bertz CT molecular complexity index is 831. The number of nitrogens with one attached hydrogen (secondary N) is 1. The molecule has 0 spiro atoms. The number of nitro groups is 1. The standard InChI is InChI=1S/C20H24N2O4S/c1-20(2,3)15-7-5-6-8-16(15)21-19(23)13-27-12-14-9-10-18(26-4)17(11-14)22(24)25/h5-11H,12-13H2,1-4H3,(H,21,23). The van der Waals surface area contributed by atoms with Gasteiger partial charge in [-0.25, -0.2) is 0 Å². The molecular weight excluding hydrogens is 364 g/mol. The molecule has 0 aliphatic rings. The molecule has 2 aromatic rings. The highest BCUT2D eigenvalue weighted by Crippen LogP contribution is 2.30. The fourth-order valence-corrected chi connectivity index (χ4v) is 3.44. The molecule has 2 aromatic carbocycles. The average Bonchev–Trinajstić information content (AvgIpc) is 2.61. The van der Waals surface area contributed by atoms with Crippen molar-refractivity contribution in [2.45, 2.75) is 31.9 Å². The normalized spacial score (nSPS) is 11.1. The van der Waals surface area contributed by atoms with E-state index in [1.165, 1.54) is 24.9 Å². The van der Waals surface area contributed by atoms with E-state index < -0.39 is 4.92 Å². The van der Waals surface area contributed by atoms with E-state index in [4.69, 9.17) is 4.74 Å². The second-order valence-corrected chi connectivity index (χ2v) is 8.09. The summed E-state index contributed by atoms with van der Waals surface area (Å²) in [5.74, 6) is 0.891. The van der Waals surface area contributed by atoms with Gasteiger partial charge in [0, 0.05) is 17.5 Å². The molecule has 0 atom stereocenters. The van der Waals surface area contributed by atoms with Gasteiger partial charge < -0.3 is 10.1 Å². The van der Waals surface area contributed by atoms with Gasteiger partial charge in [-0.2, -0.15) is 0 Å². The van der Waals surface area contributed by atoms with Crippen LogP contribution in [0, 0.1) is 10.1 Å². The third kappa shape index (κ3) is 5.72. The maximum absolute atomic E-state index is 12.3. The van der Waals surface area contributed by atoms with Gasteiger partial charge in [-0.1, -0.05) is 45.0 Å². The number of benzene rings is 2. The van der Waals surface area contributed by atoms with Crippen molar-refractivity contribution in [3.8, 4) is 5.75 Å². The summed E-state index contributed by atoms with van der Waals surface area (Å²) in [5, 5.41) is 14.0. The van der Waals surface area contributed by atoms with Gasteiger partial charge in [0.2, 0.25) is 5.91 Å². The van der Waals surface area contributed by atoms with Crippen molar-refractivity contribution >= 4 is 29.0 Å². The number of hydrogen-bond acceptors (Lipinski definition) is 5. The SMILES string of the molecule is COc1ccc(CSCC(=O)Nc2ccccc2C(C)(C)C)cc1[N+](=O)[O-]. The highest BCUT2D eigenvalue weighted by molar-refractivity contribution is 7.99. The fourth-order valence-electron chi connectivity index (χ4n) is 2.66. The summed E-state index contributed by atoms with van der Waals surface area (Å²) in [6.07, 6.45) is 0. The van der Waals surface area contributed by atoms with Crippen LogP contribution >= 0.6 is 11.8 Å². The first-order chi connectivity index (χ1) is 12.7. The number of methoxy groups -OCH3 is 1. The maximum atomic E-state index is 12.3. The highest BCUT2D eigenvalue weighted by Gasteiger charge is 2.19. The van der Waals surface area contributed by atoms with Gasteiger partial charge in [-0.3, -0.25) is 14.9 Å². The molecule has 0 bridgehead atoms. The van der Waals surface area contributed by atoms with E-state index in [-0.39, 0.29) is 28.5 Å². The van der Waals surface area contributed by atoms with Crippen LogP contribution in [0.15, 0.2) is 42.5 Å². The minimum atomic E-state index is -0.469. The van der Waals surface area contributed by atoms with Gasteiger partial charge in [0.05, 0.1) is 17.8 Å². The Morgan fingerprint density at radius 3 is 2.56 bits per heavy atom. The van der Waals surface area contributed by atoms with Crippen LogP contribution in [-0.2, 0) is 16.0 Å². The second-order valence-electron chi connectivity index (χ2n) is 7.10. The zero-order chi connectivity index (χ0) is 20.0. The first kappa shape index (κ1) is 20.8. The van der Waals surface area contributed by atoms with Crippen LogP contribution < -0.4 is 10.1 Å². The van der Waals surface area contributed by atoms with Crippen molar-refractivity contribution in [1.29, 1.82) is 0 Å². The summed E-state index contributed by atoms with van der Waals surface area (Å²) < 4.78 is 5.00. The molecule has 0 fully saturated rings. The minimum Gasteiger partial charge on any atom is -0.490 e. The number of thioether (sulfide) groups is 1. The number of ether oxygens (including phenoxy) is 1. The largest absolute Gasteiger partial charge is 0.490 e. The summed E-state index contributed by atoms with van der Waals surface area (Å²) in [7, 11) is 1.40. The summed E-state index contributed by atoms with van der Waals surface area (Å²) >= 11 is 1.41. The Kier molecular flexibility index (Phi) is 6.85. The lowest BCUT2D eigenvalue weighted by molar-refractivity contribution is -0.385. The Labute approximate surface area is 163 Å². The number of para-hydroxylation sites is 1. The van der Waals surface area contributed by atoms with Gasteiger partial charge in [0.15, 0.2) is 5.75 Å². The Morgan fingerprint density at radius 2 is 1.93 bits per heavy atom. The van der Waals surface area contributed by atoms with Gasteiger partial charge in [0.25, 0.3) is 0 Å². The summed E-state index contributed by atoms with van der Waals surface area (Å²) in [6, 6.07) is 12.6. The van der Waals surface area contributed by atoms with Crippen LogP contribution in [0.25, 0.3) is 0 Å². The number of carbonyl (C=O) groups excluding carboxylic acids is 1. The van der Waals surface area contributed by atoms with Crippen LogP contribution in [0.2, 0.25) is 0 Å². The molecule has 0 aliphatic carbocycles. The molecule has 0 saturated heterocycles. The summed E-state index contributed by atoms with van der Waals surface area (Å²) in [4.78, 5) is 22.9. The van der Waals surface area contributed by atoms with Crippen LogP contribution in [-0.4, -0.2) is 23.7 Å². The molecule has 144 valence electrons. The van der Waals surface area contributed by atoms with Crippen LogP contribution in [0.1, 0.15) is 31.9 Å². The molecule has 0 heterocycles. The quantitative estimate of drug-likeness (QED) is 0.546. The number of hydrogen-bond donors (Lipinski definition) is 1. The van der Waals surface area contributed by atoms with Gasteiger partial charge >= 0.3 is 5.69 Å². The van der Waals surface area contributed by atoms with Crippen LogP contribution in [0.3, 0.4) is 0 Å². The Balaban J connectivity index is 1.96. The van der Waals surface area contributed by atoms with Crippen LogP contribution in [0.5, 0.6) is 5.75 Å². The molecule has 1 amide bonds. The van der Waals surface area contributed by atoms with Crippen molar-refractivity contribution in [1.82, 2.24) is 0 Å². The molecule has 2 rings (SSSR count). The van der Waals surface area contributed by atoms with E-state index >= 15 is 0 Å². The zero-order valence-electron chi connectivity index (χ0n) is 15.9. The molecule has 7 heteroatoms. The molecule has 6 nitrogen and oxygen atoms in total. The van der Waals surface area contributed by atoms with E-state index in [0.29, 0.717) is 5.75 Å². The van der Waals surface area contributed by atoms with Crippen molar-refractivity contribution < 1.29 is 14.5 Å². The third-order valence-electron chi connectivity index (χ3n) is 3.95. The van der Waals surface area contributed by atoms with E-state index in [0.717, 1.165) is 16.8 Å². The van der Waals surface area contributed by atoms with E-state index in [1.54, 1.807) is 12.1 Å². The lowest BCUT2D eigenvalue weighted by Crippen LogP contribution is -2.19. The smallest absolute Gasteiger partial charge is 0.311 e. The topological polar surface area (TPSA) is 81.5 Å². The van der Waals surface area contributed by atoms with Gasteiger partial charge in [0.1, 0.15) is 0 Å². The molecule has 0 radical (unpaired) electrons. The highest BCUT2D eigenvalue weighted by atomic mass is 32.2. The fraction of sp³-hybridized carbons (Fsp3) is 0.350. The lowest BCUT2D eigenvalue weighted by atomic mass is 9.86. The first-order valence-electron chi connectivity index (χ1n) is 8.51. The number of amides is 1. The molecule has 0 aromatic heterocycles. The summed E-state index contributed by atoms with van der Waals surface area (Å²) in [5.41, 5.74) is 2.53. The minimum absolute atomic E-state index is 0.0702. The lowest BCUT2D eigenvalue weighted by Gasteiger charge is -2.23. The molecule has 0 aliphatic heterocycles. The predicted octanol–water partition coefficient (Wildman–Crippen LogP) is 4.77. The molecular formula is C20H24N2O4S. The summed E-state index contributed by atoms with van der Waals surface area (Å²) in [6.45, 7) is 6.30. The second kappa shape index (κ2) is 8.90. The van der Waals surface area contributed by atoms with E-state index in [1.807, 2.05) is 24.3 Å². The molecule has 27 heavy (non-hydrogen) atoms. The number of carbonyl (C=O) groups is 1. The molecule has 0 saturated carbocycles. The van der Waals surface area contributed by atoms with Crippen LogP contribution in [0.4, 0.5) is 11.4 Å². The molecule has 0 unspecified atom stereocenters. The number of anilines is 1. The maximum Gasteiger partial charge on any atom is 0.311 e. The zero-order valence-corrected chi connectivity index (χ0v) is 16.8. The number of nitro benzene ring substituents is 1. The van der Waals surface area contributed by atoms with Gasteiger partial charge in [-0.05, 0) is 28.7 Å². The number of rotatable bonds is 7. The number of nitrogens with zero attached hydrogens (tertiary/aromatic N) is 1. The van der Waals surface area contributed by atoms with E-state index in [2.05, 4.69) is 26.1 Å².